The minimum Gasteiger partial charge on any atom is -0.497 e. The van der Waals surface area contributed by atoms with E-state index in [1.807, 2.05) is 12.1 Å². The summed E-state index contributed by atoms with van der Waals surface area (Å²) in [5.41, 5.74) is 0.999. The minimum atomic E-state index is -0.287. The molecule has 1 aromatic carbocycles. The van der Waals surface area contributed by atoms with Crippen LogP contribution in [0.3, 0.4) is 0 Å². The second-order valence-corrected chi connectivity index (χ2v) is 6.20. The molecule has 21 heavy (non-hydrogen) atoms. The van der Waals surface area contributed by atoms with Crippen LogP contribution in [0, 0.1) is 0 Å². The molecule has 4 nitrogen and oxygen atoms in total. The molecule has 0 bridgehead atoms. The normalized spacial score (nSPS) is 25.9. The first-order valence-electron chi connectivity index (χ1n) is 7.89. The summed E-state index contributed by atoms with van der Waals surface area (Å²) >= 11 is 0. The topological polar surface area (TPSA) is 41.9 Å². The Bertz CT molecular complexity index is 469. The lowest BCUT2D eigenvalue weighted by Crippen LogP contribution is -2.55. The van der Waals surface area contributed by atoms with Crippen LogP contribution in [0.15, 0.2) is 24.3 Å². The van der Waals surface area contributed by atoms with Crippen LogP contribution in [0.4, 0.5) is 0 Å². The molecule has 2 aliphatic rings. The van der Waals surface area contributed by atoms with Gasteiger partial charge < -0.3 is 14.6 Å². The van der Waals surface area contributed by atoms with Crippen molar-refractivity contribution in [2.75, 3.05) is 26.8 Å². The summed E-state index contributed by atoms with van der Waals surface area (Å²) in [7, 11) is 1.70. The van der Waals surface area contributed by atoms with Crippen molar-refractivity contribution in [2.24, 2.45) is 0 Å². The molecule has 1 aromatic rings. The molecule has 116 valence electrons. The van der Waals surface area contributed by atoms with E-state index in [1.165, 1.54) is 5.56 Å². The van der Waals surface area contributed by atoms with Gasteiger partial charge in [-0.15, -0.1) is 0 Å². The fraction of sp³-hybridized carbons (Fsp3) is 0.647. The van der Waals surface area contributed by atoms with Crippen molar-refractivity contribution >= 4 is 0 Å². The van der Waals surface area contributed by atoms with Crippen molar-refractivity contribution < 1.29 is 14.6 Å². The molecule has 0 radical (unpaired) electrons. The van der Waals surface area contributed by atoms with Crippen LogP contribution in [-0.4, -0.2) is 48.5 Å². The molecule has 2 fully saturated rings. The van der Waals surface area contributed by atoms with Gasteiger partial charge in [-0.3, -0.25) is 4.90 Å². The molecule has 0 aliphatic carbocycles. The van der Waals surface area contributed by atoms with E-state index in [0.29, 0.717) is 0 Å². The number of benzene rings is 1. The Balaban J connectivity index is 1.58. The molecule has 1 unspecified atom stereocenters. The Morgan fingerprint density at radius 1 is 1.38 bits per heavy atom. The Labute approximate surface area is 126 Å². The molecule has 1 N–H and O–H groups in total. The highest BCUT2D eigenvalue weighted by molar-refractivity contribution is 5.28. The van der Waals surface area contributed by atoms with Gasteiger partial charge in [0.25, 0.3) is 0 Å². The molecule has 2 aliphatic heterocycles. The first kappa shape index (κ1) is 14.8. The molecule has 4 heteroatoms. The Morgan fingerprint density at radius 2 is 2.19 bits per heavy atom. The van der Waals surface area contributed by atoms with Crippen molar-refractivity contribution in [3.63, 3.8) is 0 Å². The molecule has 0 aromatic heterocycles. The van der Waals surface area contributed by atoms with Gasteiger partial charge in [0.1, 0.15) is 5.75 Å². The zero-order valence-electron chi connectivity index (χ0n) is 12.8. The zero-order valence-corrected chi connectivity index (χ0v) is 12.8. The Hall–Kier alpha value is -1.10. The Kier molecular flexibility index (Phi) is 4.48. The molecule has 0 amide bonds. The maximum absolute atomic E-state index is 10.3. The molecule has 2 heterocycles. The number of nitrogens with zero attached hydrogens (tertiary/aromatic N) is 1. The van der Waals surface area contributed by atoms with Crippen LogP contribution in [0.5, 0.6) is 5.75 Å². The zero-order chi connectivity index (χ0) is 14.7. The smallest absolute Gasteiger partial charge is 0.119 e. The summed E-state index contributed by atoms with van der Waals surface area (Å²) in [4.78, 5) is 2.44. The fourth-order valence-corrected chi connectivity index (χ4v) is 3.51. The third-order valence-electron chi connectivity index (χ3n) is 4.86. The number of methoxy groups -OCH3 is 1. The van der Waals surface area contributed by atoms with Crippen molar-refractivity contribution in [2.45, 2.75) is 43.9 Å². The SMILES string of the molecule is COc1cccc(CN2CCC3(CC2)OCCCC3O)c1. The van der Waals surface area contributed by atoms with Crippen LogP contribution in [0.2, 0.25) is 0 Å². The predicted octanol–water partition coefficient (Wildman–Crippen LogP) is 2.20. The first-order valence-corrected chi connectivity index (χ1v) is 7.89. The van der Waals surface area contributed by atoms with Gasteiger partial charge in [0.05, 0.1) is 18.8 Å². The molecule has 2 saturated heterocycles. The number of hydrogen-bond donors (Lipinski definition) is 1. The molecular weight excluding hydrogens is 266 g/mol. The van der Waals surface area contributed by atoms with E-state index in [9.17, 15) is 5.11 Å². The largest absolute Gasteiger partial charge is 0.497 e. The third-order valence-corrected chi connectivity index (χ3v) is 4.86. The lowest BCUT2D eigenvalue weighted by molar-refractivity contribution is -0.177. The van der Waals surface area contributed by atoms with Crippen molar-refractivity contribution in [3.05, 3.63) is 29.8 Å². The monoisotopic (exact) mass is 291 g/mol. The number of likely N-dealkylation sites (tertiary alicyclic amines) is 1. The van der Waals surface area contributed by atoms with Crippen LogP contribution >= 0.6 is 0 Å². The van der Waals surface area contributed by atoms with Gasteiger partial charge in [0.2, 0.25) is 0 Å². The van der Waals surface area contributed by atoms with E-state index < -0.39 is 0 Å². The van der Waals surface area contributed by atoms with Gasteiger partial charge in [0.15, 0.2) is 0 Å². The van der Waals surface area contributed by atoms with E-state index in [-0.39, 0.29) is 11.7 Å². The second-order valence-electron chi connectivity index (χ2n) is 6.20. The van der Waals surface area contributed by atoms with E-state index in [2.05, 4.69) is 17.0 Å². The van der Waals surface area contributed by atoms with Crippen LogP contribution < -0.4 is 4.74 Å². The van der Waals surface area contributed by atoms with Crippen molar-refractivity contribution in [3.8, 4) is 5.75 Å². The van der Waals surface area contributed by atoms with Gasteiger partial charge in [-0.05, 0) is 43.4 Å². The highest BCUT2D eigenvalue weighted by Gasteiger charge is 2.43. The Morgan fingerprint density at radius 3 is 2.90 bits per heavy atom. The standard InChI is InChI=1S/C17H25NO3/c1-20-15-5-2-4-14(12-15)13-18-9-7-17(8-10-18)16(19)6-3-11-21-17/h2,4-5,12,16,19H,3,6-11,13H2,1H3. The summed E-state index contributed by atoms with van der Waals surface area (Å²) in [6.45, 7) is 3.69. The molecular formula is C17H25NO3. The summed E-state index contributed by atoms with van der Waals surface area (Å²) in [5.74, 6) is 0.909. The van der Waals surface area contributed by atoms with E-state index in [4.69, 9.17) is 9.47 Å². The van der Waals surface area contributed by atoms with Crippen LogP contribution in [0.1, 0.15) is 31.2 Å². The maximum Gasteiger partial charge on any atom is 0.119 e. The number of aliphatic hydroxyl groups excluding tert-OH is 1. The summed E-state index contributed by atoms with van der Waals surface area (Å²) < 4.78 is 11.2. The predicted molar refractivity (Wildman–Crippen MR) is 81.4 cm³/mol. The van der Waals surface area contributed by atoms with E-state index >= 15 is 0 Å². The number of ether oxygens (including phenoxy) is 2. The maximum atomic E-state index is 10.3. The average Bonchev–Trinajstić information content (AvgIpc) is 2.53. The quantitative estimate of drug-likeness (QED) is 0.927. The van der Waals surface area contributed by atoms with Crippen LogP contribution in [0.25, 0.3) is 0 Å². The summed E-state index contributed by atoms with van der Waals surface area (Å²) in [5, 5.41) is 10.3. The second kappa shape index (κ2) is 6.34. The number of hydrogen-bond acceptors (Lipinski definition) is 4. The van der Waals surface area contributed by atoms with Gasteiger partial charge in [-0.1, -0.05) is 12.1 Å². The van der Waals surface area contributed by atoms with E-state index in [1.54, 1.807) is 7.11 Å². The van der Waals surface area contributed by atoms with Crippen molar-refractivity contribution in [1.29, 1.82) is 0 Å². The molecule has 1 atom stereocenters. The summed E-state index contributed by atoms with van der Waals surface area (Å²) in [6.07, 6.45) is 3.44. The van der Waals surface area contributed by atoms with Gasteiger partial charge in [0, 0.05) is 26.2 Å². The number of piperidine rings is 1. The molecule has 1 spiro atoms. The van der Waals surface area contributed by atoms with Gasteiger partial charge in [-0.25, -0.2) is 0 Å². The summed E-state index contributed by atoms with van der Waals surface area (Å²) in [6, 6.07) is 8.24. The number of rotatable bonds is 3. The van der Waals surface area contributed by atoms with Gasteiger partial charge >= 0.3 is 0 Å². The lowest BCUT2D eigenvalue weighted by atomic mass is 9.82. The molecule has 0 saturated carbocycles. The van der Waals surface area contributed by atoms with Crippen molar-refractivity contribution in [1.82, 2.24) is 4.90 Å². The minimum absolute atomic E-state index is 0.275. The highest BCUT2D eigenvalue weighted by atomic mass is 16.5. The number of aliphatic hydroxyl groups is 1. The first-order chi connectivity index (χ1) is 10.2. The third kappa shape index (κ3) is 3.23. The van der Waals surface area contributed by atoms with Crippen LogP contribution in [-0.2, 0) is 11.3 Å². The average molecular weight is 291 g/mol. The lowest BCUT2D eigenvalue weighted by Gasteiger charge is -2.46. The highest BCUT2D eigenvalue weighted by Crippen LogP contribution is 2.35. The van der Waals surface area contributed by atoms with Gasteiger partial charge in [-0.2, -0.15) is 0 Å². The molecule has 3 rings (SSSR count). The fourth-order valence-electron chi connectivity index (χ4n) is 3.51. The van der Waals surface area contributed by atoms with E-state index in [0.717, 1.165) is 57.7 Å².